The van der Waals surface area contributed by atoms with E-state index < -0.39 is 28.5 Å². The molecule has 29 heavy (non-hydrogen) atoms. The molecule has 2 aromatic carbocycles. The third-order valence-electron chi connectivity index (χ3n) is 4.07. The summed E-state index contributed by atoms with van der Waals surface area (Å²) in [6.45, 7) is 7.43. The molecule has 0 aliphatic rings. The first-order valence-electron chi connectivity index (χ1n) is 9.23. The molecule has 0 saturated carbocycles. The highest BCUT2D eigenvalue weighted by atomic mass is 32.2. The smallest absolute Gasteiger partial charge is 0.340 e. The van der Waals surface area contributed by atoms with Gasteiger partial charge in [-0.3, -0.25) is 9.52 Å². The van der Waals surface area contributed by atoms with Crippen LogP contribution < -0.4 is 10.0 Å². The third kappa shape index (κ3) is 6.32. The standard InChI is InChI=1S/C21H26N2O5S/c1-14(2)12-22-20(24)13-28-21(25)17-7-5-6-8-18(17)23-29(26,27)19-11-15(3)9-10-16(19)4/h5-11,14,23H,12-13H2,1-4H3,(H,22,24). The molecule has 1 amide bonds. The van der Waals surface area contributed by atoms with E-state index in [0.29, 0.717) is 12.1 Å². The molecule has 0 aliphatic heterocycles. The van der Waals surface area contributed by atoms with Crippen LogP contribution >= 0.6 is 0 Å². The van der Waals surface area contributed by atoms with Crippen LogP contribution in [0.4, 0.5) is 5.69 Å². The maximum atomic E-state index is 12.8. The number of amides is 1. The molecule has 2 aromatic rings. The zero-order chi connectivity index (χ0) is 21.6. The molecule has 2 N–H and O–H groups in total. The van der Waals surface area contributed by atoms with E-state index in [1.54, 1.807) is 38.1 Å². The number of hydrogen-bond acceptors (Lipinski definition) is 5. The van der Waals surface area contributed by atoms with Crippen LogP contribution in [0.2, 0.25) is 0 Å². The number of anilines is 1. The van der Waals surface area contributed by atoms with Crippen molar-refractivity contribution >= 4 is 27.6 Å². The Balaban J connectivity index is 2.17. The van der Waals surface area contributed by atoms with Crippen molar-refractivity contribution in [2.24, 2.45) is 5.92 Å². The van der Waals surface area contributed by atoms with E-state index in [0.717, 1.165) is 5.56 Å². The molecule has 0 spiro atoms. The summed E-state index contributed by atoms with van der Waals surface area (Å²) < 4.78 is 33.2. The summed E-state index contributed by atoms with van der Waals surface area (Å²) in [6.07, 6.45) is 0. The SMILES string of the molecule is Cc1ccc(C)c(S(=O)(=O)Nc2ccccc2C(=O)OCC(=O)NCC(C)C)c1. The number of aryl methyl sites for hydroxylation is 2. The molecule has 0 unspecified atom stereocenters. The van der Waals surface area contributed by atoms with Crippen LogP contribution in [0.5, 0.6) is 0 Å². The second-order valence-electron chi connectivity index (χ2n) is 7.19. The van der Waals surface area contributed by atoms with Crippen molar-refractivity contribution in [3.05, 3.63) is 59.2 Å². The minimum absolute atomic E-state index is 0.0260. The normalized spacial score (nSPS) is 11.2. The van der Waals surface area contributed by atoms with Crippen molar-refractivity contribution in [2.75, 3.05) is 17.9 Å². The van der Waals surface area contributed by atoms with Crippen LogP contribution in [0.15, 0.2) is 47.4 Å². The van der Waals surface area contributed by atoms with Gasteiger partial charge in [0.2, 0.25) is 0 Å². The molecular formula is C21H26N2O5S. The summed E-state index contributed by atoms with van der Waals surface area (Å²) in [7, 11) is -3.91. The number of para-hydroxylation sites is 1. The topological polar surface area (TPSA) is 102 Å². The van der Waals surface area contributed by atoms with E-state index in [2.05, 4.69) is 10.0 Å². The Morgan fingerprint density at radius 1 is 1.07 bits per heavy atom. The number of nitrogens with one attached hydrogen (secondary N) is 2. The molecule has 0 atom stereocenters. The first-order valence-corrected chi connectivity index (χ1v) is 10.7. The minimum Gasteiger partial charge on any atom is -0.452 e. The number of hydrogen-bond donors (Lipinski definition) is 2. The average Bonchev–Trinajstić information content (AvgIpc) is 2.66. The first-order chi connectivity index (χ1) is 13.6. The number of sulfonamides is 1. The Kier molecular flexibility index (Phi) is 7.39. The van der Waals surface area contributed by atoms with Crippen LogP contribution in [0.1, 0.15) is 35.3 Å². The van der Waals surface area contributed by atoms with E-state index in [9.17, 15) is 18.0 Å². The molecule has 0 bridgehead atoms. The number of rotatable bonds is 8. The van der Waals surface area contributed by atoms with Crippen molar-refractivity contribution < 1.29 is 22.7 Å². The maximum Gasteiger partial charge on any atom is 0.340 e. The van der Waals surface area contributed by atoms with Gasteiger partial charge < -0.3 is 10.1 Å². The lowest BCUT2D eigenvalue weighted by molar-refractivity contribution is -0.124. The summed E-state index contributed by atoms with van der Waals surface area (Å²) in [5.41, 5.74) is 1.50. The van der Waals surface area contributed by atoms with Crippen molar-refractivity contribution in [3.8, 4) is 0 Å². The molecular weight excluding hydrogens is 392 g/mol. The zero-order valence-corrected chi connectivity index (χ0v) is 17.8. The van der Waals surface area contributed by atoms with Crippen LogP contribution in [-0.4, -0.2) is 33.4 Å². The molecule has 0 aliphatic carbocycles. The second kappa shape index (κ2) is 9.56. The predicted octanol–water partition coefficient (Wildman–Crippen LogP) is 3.03. The second-order valence-corrected chi connectivity index (χ2v) is 8.84. The van der Waals surface area contributed by atoms with Gasteiger partial charge in [0, 0.05) is 6.54 Å². The number of esters is 1. The lowest BCUT2D eigenvalue weighted by atomic mass is 10.2. The monoisotopic (exact) mass is 418 g/mol. The number of carbonyl (C=O) groups is 2. The number of benzene rings is 2. The Morgan fingerprint density at radius 3 is 2.45 bits per heavy atom. The molecule has 156 valence electrons. The Morgan fingerprint density at radius 2 is 1.76 bits per heavy atom. The Hall–Kier alpha value is -2.87. The van der Waals surface area contributed by atoms with Gasteiger partial charge >= 0.3 is 5.97 Å². The highest BCUT2D eigenvalue weighted by Crippen LogP contribution is 2.23. The van der Waals surface area contributed by atoms with Gasteiger partial charge in [-0.15, -0.1) is 0 Å². The summed E-state index contributed by atoms with van der Waals surface area (Å²) >= 11 is 0. The summed E-state index contributed by atoms with van der Waals surface area (Å²) in [5, 5.41) is 2.65. The van der Waals surface area contributed by atoms with Crippen LogP contribution in [0.25, 0.3) is 0 Å². The van der Waals surface area contributed by atoms with E-state index in [4.69, 9.17) is 4.74 Å². The lowest BCUT2D eigenvalue weighted by Gasteiger charge is -2.14. The number of carbonyl (C=O) groups excluding carboxylic acids is 2. The molecule has 7 nitrogen and oxygen atoms in total. The van der Waals surface area contributed by atoms with E-state index in [1.807, 2.05) is 19.9 Å². The highest BCUT2D eigenvalue weighted by Gasteiger charge is 2.21. The fourth-order valence-electron chi connectivity index (χ4n) is 2.52. The Bertz CT molecular complexity index is 1000. The van der Waals surface area contributed by atoms with Gasteiger partial charge in [-0.2, -0.15) is 0 Å². The lowest BCUT2D eigenvalue weighted by Crippen LogP contribution is -2.31. The van der Waals surface area contributed by atoms with Crippen molar-refractivity contribution in [1.29, 1.82) is 0 Å². The van der Waals surface area contributed by atoms with Gasteiger partial charge in [0.15, 0.2) is 6.61 Å². The minimum atomic E-state index is -3.91. The van der Waals surface area contributed by atoms with Crippen LogP contribution in [0, 0.1) is 19.8 Å². The quantitative estimate of drug-likeness (QED) is 0.642. The van der Waals surface area contributed by atoms with Gasteiger partial charge in [0.25, 0.3) is 15.9 Å². The van der Waals surface area contributed by atoms with Crippen LogP contribution in [-0.2, 0) is 19.6 Å². The highest BCUT2D eigenvalue weighted by molar-refractivity contribution is 7.92. The van der Waals surface area contributed by atoms with Crippen molar-refractivity contribution in [1.82, 2.24) is 5.32 Å². The predicted molar refractivity (Wildman–Crippen MR) is 111 cm³/mol. The van der Waals surface area contributed by atoms with Gasteiger partial charge in [-0.25, -0.2) is 13.2 Å². The summed E-state index contributed by atoms with van der Waals surface area (Å²) in [5.74, 6) is -0.931. The maximum absolute atomic E-state index is 12.8. The van der Waals surface area contributed by atoms with E-state index in [-0.39, 0.29) is 22.1 Å². The molecule has 0 radical (unpaired) electrons. The number of ether oxygens (including phenoxy) is 1. The fourth-order valence-corrected chi connectivity index (χ4v) is 3.93. The van der Waals surface area contributed by atoms with Gasteiger partial charge in [0.05, 0.1) is 16.1 Å². The molecule has 2 rings (SSSR count). The van der Waals surface area contributed by atoms with Gasteiger partial charge in [0.1, 0.15) is 0 Å². The largest absolute Gasteiger partial charge is 0.452 e. The van der Waals surface area contributed by atoms with Crippen LogP contribution in [0.3, 0.4) is 0 Å². The van der Waals surface area contributed by atoms with Gasteiger partial charge in [-0.05, 0) is 49.1 Å². The van der Waals surface area contributed by atoms with Crippen molar-refractivity contribution in [2.45, 2.75) is 32.6 Å². The third-order valence-corrected chi connectivity index (χ3v) is 5.57. The van der Waals surface area contributed by atoms with Crippen molar-refractivity contribution in [3.63, 3.8) is 0 Å². The summed E-state index contributed by atoms with van der Waals surface area (Å²) in [6, 6.07) is 11.2. The molecule has 0 saturated heterocycles. The molecule has 0 fully saturated rings. The zero-order valence-electron chi connectivity index (χ0n) is 17.0. The van der Waals surface area contributed by atoms with E-state index in [1.165, 1.54) is 12.1 Å². The molecule has 0 aromatic heterocycles. The van der Waals surface area contributed by atoms with E-state index >= 15 is 0 Å². The first kappa shape index (κ1) is 22.4. The fraction of sp³-hybridized carbons (Fsp3) is 0.333. The van der Waals surface area contributed by atoms with Gasteiger partial charge in [-0.1, -0.05) is 38.1 Å². The Labute approximate surface area is 171 Å². The molecule has 8 heteroatoms. The summed E-state index contributed by atoms with van der Waals surface area (Å²) in [4.78, 5) is 24.3. The average molecular weight is 419 g/mol. The molecule has 0 heterocycles.